The van der Waals surface area contributed by atoms with Crippen molar-refractivity contribution in [1.82, 2.24) is 15.3 Å². The van der Waals surface area contributed by atoms with E-state index in [1.807, 2.05) is 30.3 Å². The summed E-state index contributed by atoms with van der Waals surface area (Å²) in [4.78, 5) is 23.8. The average Bonchev–Trinajstić information content (AvgIpc) is 2.79. The van der Waals surface area contributed by atoms with Crippen molar-refractivity contribution in [3.63, 3.8) is 0 Å². The van der Waals surface area contributed by atoms with Gasteiger partial charge in [0.05, 0.1) is 5.92 Å². The molecule has 4 rings (SSSR count). The van der Waals surface area contributed by atoms with E-state index in [0.717, 1.165) is 40.8 Å². The number of carbonyl (C=O) groups is 1. The van der Waals surface area contributed by atoms with Gasteiger partial charge in [-0.15, -0.1) is 0 Å². The van der Waals surface area contributed by atoms with E-state index in [1.165, 1.54) is 12.1 Å². The second-order valence-electron chi connectivity index (χ2n) is 7.37. The number of hydrogen-bond acceptors (Lipinski definition) is 4. The van der Waals surface area contributed by atoms with Gasteiger partial charge in [-0.3, -0.25) is 4.79 Å². The zero-order valence-corrected chi connectivity index (χ0v) is 18.0. The van der Waals surface area contributed by atoms with Gasteiger partial charge in [-0.05, 0) is 60.9 Å². The molecular weight excluding hydrogens is 447 g/mol. The molecule has 0 aliphatic carbocycles. The predicted molar refractivity (Wildman–Crippen MR) is 118 cm³/mol. The summed E-state index contributed by atoms with van der Waals surface area (Å²) in [6, 6.07) is 15.9. The standard InChI is InChI=1S/C23H22BrFN4O/c24-19-7-3-16(4-8-19)14-27-23(30)18-2-1-13-29(15-18)21-11-12-26-22(28-21)17-5-9-20(25)10-6-17/h3-12,18H,1-2,13-15H2,(H,27,30)/t18-/m0/s1. The molecule has 1 aromatic heterocycles. The van der Waals surface area contributed by atoms with E-state index in [0.29, 0.717) is 18.9 Å². The molecule has 0 radical (unpaired) electrons. The summed E-state index contributed by atoms with van der Waals surface area (Å²) < 4.78 is 14.2. The van der Waals surface area contributed by atoms with Gasteiger partial charge in [-0.1, -0.05) is 28.1 Å². The van der Waals surface area contributed by atoms with Gasteiger partial charge in [0.15, 0.2) is 5.82 Å². The molecule has 1 fully saturated rings. The largest absolute Gasteiger partial charge is 0.356 e. The van der Waals surface area contributed by atoms with Crippen molar-refractivity contribution in [3.8, 4) is 11.4 Å². The van der Waals surface area contributed by atoms with Crippen molar-refractivity contribution >= 4 is 27.7 Å². The van der Waals surface area contributed by atoms with Crippen LogP contribution in [0.1, 0.15) is 18.4 Å². The van der Waals surface area contributed by atoms with Crippen LogP contribution in [0.4, 0.5) is 10.2 Å². The minimum Gasteiger partial charge on any atom is -0.356 e. The number of hydrogen-bond donors (Lipinski definition) is 1. The smallest absolute Gasteiger partial charge is 0.225 e. The van der Waals surface area contributed by atoms with E-state index in [9.17, 15) is 9.18 Å². The fourth-order valence-electron chi connectivity index (χ4n) is 3.60. The molecule has 1 N–H and O–H groups in total. The van der Waals surface area contributed by atoms with Gasteiger partial charge in [0.2, 0.25) is 5.91 Å². The molecular formula is C23H22BrFN4O. The molecule has 154 valence electrons. The lowest BCUT2D eigenvalue weighted by molar-refractivity contribution is -0.125. The summed E-state index contributed by atoms with van der Waals surface area (Å²) >= 11 is 3.42. The summed E-state index contributed by atoms with van der Waals surface area (Å²) in [7, 11) is 0. The number of halogens is 2. The molecule has 30 heavy (non-hydrogen) atoms. The van der Waals surface area contributed by atoms with Crippen LogP contribution in [-0.4, -0.2) is 29.0 Å². The highest BCUT2D eigenvalue weighted by molar-refractivity contribution is 9.10. The Bertz CT molecular complexity index is 1010. The third-order valence-corrected chi connectivity index (χ3v) is 5.77. The first-order valence-electron chi connectivity index (χ1n) is 9.94. The number of nitrogens with zero attached hydrogens (tertiary/aromatic N) is 3. The summed E-state index contributed by atoms with van der Waals surface area (Å²) in [6.45, 7) is 1.98. The number of anilines is 1. The van der Waals surface area contributed by atoms with Crippen molar-refractivity contribution in [2.24, 2.45) is 5.92 Å². The molecule has 1 aliphatic heterocycles. The molecule has 0 spiro atoms. The Morgan fingerprint density at radius 1 is 1.13 bits per heavy atom. The average molecular weight is 469 g/mol. The first-order chi connectivity index (χ1) is 14.6. The molecule has 2 heterocycles. The van der Waals surface area contributed by atoms with Crippen LogP contribution in [0.5, 0.6) is 0 Å². The number of nitrogens with one attached hydrogen (secondary N) is 1. The van der Waals surface area contributed by atoms with Crippen molar-refractivity contribution in [1.29, 1.82) is 0 Å². The van der Waals surface area contributed by atoms with E-state index in [4.69, 9.17) is 0 Å². The Labute approximate surface area is 183 Å². The molecule has 5 nitrogen and oxygen atoms in total. The molecule has 1 aliphatic rings. The zero-order chi connectivity index (χ0) is 20.9. The minimum atomic E-state index is -0.289. The molecule has 7 heteroatoms. The van der Waals surface area contributed by atoms with Gasteiger partial charge in [-0.25, -0.2) is 14.4 Å². The van der Waals surface area contributed by atoms with Crippen LogP contribution in [0.3, 0.4) is 0 Å². The SMILES string of the molecule is O=C(NCc1ccc(Br)cc1)[C@H]1CCCN(c2ccnc(-c3ccc(F)cc3)n2)C1. The molecule has 1 saturated heterocycles. The fourth-order valence-corrected chi connectivity index (χ4v) is 3.86. The van der Waals surface area contributed by atoms with Crippen molar-refractivity contribution in [2.75, 3.05) is 18.0 Å². The van der Waals surface area contributed by atoms with Crippen LogP contribution in [0.15, 0.2) is 65.3 Å². The van der Waals surface area contributed by atoms with E-state index < -0.39 is 0 Å². The molecule has 1 amide bonds. The van der Waals surface area contributed by atoms with Crippen LogP contribution in [0.25, 0.3) is 11.4 Å². The second-order valence-corrected chi connectivity index (χ2v) is 8.29. The number of aromatic nitrogens is 2. The monoisotopic (exact) mass is 468 g/mol. The van der Waals surface area contributed by atoms with Crippen LogP contribution < -0.4 is 10.2 Å². The summed E-state index contributed by atoms with van der Waals surface area (Å²) in [5.41, 5.74) is 1.83. The normalized spacial score (nSPS) is 16.3. The predicted octanol–water partition coefficient (Wildman–Crippen LogP) is 4.58. The van der Waals surface area contributed by atoms with Gasteiger partial charge >= 0.3 is 0 Å². The van der Waals surface area contributed by atoms with Crippen LogP contribution in [0, 0.1) is 11.7 Å². The molecule has 2 aromatic carbocycles. The Balaban J connectivity index is 1.41. The maximum Gasteiger partial charge on any atom is 0.225 e. The number of benzene rings is 2. The number of rotatable bonds is 5. The van der Waals surface area contributed by atoms with E-state index in [1.54, 1.807) is 18.3 Å². The molecule has 0 bridgehead atoms. The number of piperidine rings is 1. The topological polar surface area (TPSA) is 58.1 Å². The van der Waals surface area contributed by atoms with Gasteiger partial charge in [0.1, 0.15) is 11.6 Å². The summed E-state index contributed by atoms with van der Waals surface area (Å²) in [5.74, 6) is 1.03. The Hall–Kier alpha value is -2.80. The number of amides is 1. The van der Waals surface area contributed by atoms with Gasteiger partial charge in [0, 0.05) is 35.9 Å². The molecule has 1 atom stereocenters. The van der Waals surface area contributed by atoms with Crippen LogP contribution in [0.2, 0.25) is 0 Å². The first-order valence-corrected chi connectivity index (χ1v) is 10.7. The van der Waals surface area contributed by atoms with Crippen molar-refractivity contribution in [2.45, 2.75) is 19.4 Å². The van der Waals surface area contributed by atoms with E-state index in [2.05, 4.69) is 36.1 Å². The lowest BCUT2D eigenvalue weighted by Crippen LogP contribution is -2.43. The minimum absolute atomic E-state index is 0.0652. The fraction of sp³-hybridized carbons (Fsp3) is 0.261. The molecule has 3 aromatic rings. The molecule has 0 unspecified atom stereocenters. The lowest BCUT2D eigenvalue weighted by atomic mass is 9.97. The first kappa shape index (κ1) is 20.5. The highest BCUT2D eigenvalue weighted by Crippen LogP contribution is 2.24. The lowest BCUT2D eigenvalue weighted by Gasteiger charge is -2.33. The summed E-state index contributed by atoms with van der Waals surface area (Å²) in [5, 5.41) is 3.05. The maximum absolute atomic E-state index is 13.2. The Morgan fingerprint density at radius 3 is 2.67 bits per heavy atom. The summed E-state index contributed by atoms with van der Waals surface area (Å²) in [6.07, 6.45) is 3.49. The van der Waals surface area contributed by atoms with Gasteiger partial charge < -0.3 is 10.2 Å². The van der Waals surface area contributed by atoms with Crippen LogP contribution >= 0.6 is 15.9 Å². The van der Waals surface area contributed by atoms with E-state index in [-0.39, 0.29) is 17.6 Å². The van der Waals surface area contributed by atoms with Gasteiger partial charge in [-0.2, -0.15) is 0 Å². The third kappa shape index (κ3) is 5.02. The molecule has 0 saturated carbocycles. The third-order valence-electron chi connectivity index (χ3n) is 5.24. The van der Waals surface area contributed by atoms with Gasteiger partial charge in [0.25, 0.3) is 0 Å². The maximum atomic E-state index is 13.2. The van der Waals surface area contributed by atoms with E-state index >= 15 is 0 Å². The Morgan fingerprint density at radius 2 is 1.90 bits per heavy atom. The van der Waals surface area contributed by atoms with Crippen LogP contribution in [-0.2, 0) is 11.3 Å². The second kappa shape index (κ2) is 9.34. The quantitative estimate of drug-likeness (QED) is 0.595. The highest BCUT2D eigenvalue weighted by Gasteiger charge is 2.26. The van der Waals surface area contributed by atoms with Crippen molar-refractivity contribution < 1.29 is 9.18 Å². The Kier molecular flexibility index (Phi) is 6.38. The zero-order valence-electron chi connectivity index (χ0n) is 16.4. The van der Waals surface area contributed by atoms with Crippen molar-refractivity contribution in [3.05, 3.63) is 76.6 Å². The highest BCUT2D eigenvalue weighted by atomic mass is 79.9. The number of carbonyl (C=O) groups excluding carboxylic acids is 1.